The van der Waals surface area contributed by atoms with E-state index in [9.17, 15) is 0 Å². The number of aromatic nitrogens is 1. The maximum atomic E-state index is 2.37. The first-order valence-corrected chi connectivity index (χ1v) is 19.9. The topological polar surface area (TPSA) is 8.17 Å². The molecule has 0 bridgehead atoms. The van der Waals surface area contributed by atoms with Gasteiger partial charge in [0.25, 0.3) is 0 Å². The summed E-state index contributed by atoms with van der Waals surface area (Å²) in [7, 11) is 0. The van der Waals surface area contributed by atoms with Crippen molar-refractivity contribution in [2.75, 3.05) is 4.90 Å². The first-order valence-electron chi connectivity index (χ1n) is 19.9. The molecule has 0 amide bonds. The normalized spacial score (nSPS) is 11.4. The standard InChI is InChI=1S/C56H38N2/c1-3-15-49-41(11-1)13-9-19-51(49)43-25-23-39(24-26-43)40-27-31-45(32-28-40)57(46-33-29-44(30-34-46)52-20-10-14-42-12-2-4-16-50(42)52)47-35-37-48(38-36-47)58-55-21-7-5-17-53(55)54-18-6-8-22-56(54)58/h1-38H. The van der Waals surface area contributed by atoms with Gasteiger partial charge in [0.15, 0.2) is 0 Å². The van der Waals surface area contributed by atoms with E-state index in [1.54, 1.807) is 0 Å². The minimum Gasteiger partial charge on any atom is -0.311 e. The maximum Gasteiger partial charge on any atom is 0.0541 e. The number of rotatable bonds is 7. The Morgan fingerprint density at radius 2 is 0.603 bits per heavy atom. The Balaban J connectivity index is 0.969. The van der Waals surface area contributed by atoms with Crippen molar-refractivity contribution in [1.29, 1.82) is 0 Å². The van der Waals surface area contributed by atoms with Gasteiger partial charge in [-0.05, 0) is 116 Å². The van der Waals surface area contributed by atoms with Crippen LogP contribution in [0.4, 0.5) is 17.1 Å². The predicted molar refractivity (Wildman–Crippen MR) is 247 cm³/mol. The average molecular weight is 739 g/mol. The molecule has 0 fully saturated rings. The van der Waals surface area contributed by atoms with Gasteiger partial charge in [0.1, 0.15) is 0 Å². The summed E-state index contributed by atoms with van der Waals surface area (Å²) < 4.78 is 2.37. The molecule has 0 aliphatic rings. The summed E-state index contributed by atoms with van der Waals surface area (Å²) in [5, 5.41) is 7.56. The van der Waals surface area contributed by atoms with E-state index in [2.05, 4.69) is 240 Å². The van der Waals surface area contributed by atoms with Gasteiger partial charge in [-0.15, -0.1) is 0 Å². The molecule has 58 heavy (non-hydrogen) atoms. The van der Waals surface area contributed by atoms with Gasteiger partial charge in [-0.2, -0.15) is 0 Å². The molecule has 10 aromatic carbocycles. The average Bonchev–Trinajstić information content (AvgIpc) is 3.64. The number of para-hydroxylation sites is 2. The Kier molecular flexibility index (Phi) is 8.19. The van der Waals surface area contributed by atoms with E-state index >= 15 is 0 Å². The summed E-state index contributed by atoms with van der Waals surface area (Å²) in [6.07, 6.45) is 0. The molecule has 2 heteroatoms. The first kappa shape index (κ1) is 33.6. The zero-order valence-electron chi connectivity index (χ0n) is 31.8. The van der Waals surface area contributed by atoms with Crippen LogP contribution in [0.2, 0.25) is 0 Å². The molecular weight excluding hydrogens is 701 g/mol. The molecule has 0 N–H and O–H groups in total. The van der Waals surface area contributed by atoms with Crippen LogP contribution >= 0.6 is 0 Å². The van der Waals surface area contributed by atoms with Crippen molar-refractivity contribution < 1.29 is 0 Å². The molecule has 0 aliphatic heterocycles. The minimum absolute atomic E-state index is 1.09. The molecule has 1 heterocycles. The van der Waals surface area contributed by atoms with E-state index < -0.39 is 0 Å². The molecule has 0 saturated heterocycles. The van der Waals surface area contributed by atoms with Gasteiger partial charge in [0.05, 0.1) is 11.0 Å². The minimum atomic E-state index is 1.09. The Morgan fingerprint density at radius 3 is 1.09 bits per heavy atom. The second kappa shape index (κ2) is 14.1. The lowest BCUT2D eigenvalue weighted by molar-refractivity contribution is 1.17. The van der Waals surface area contributed by atoms with Crippen LogP contribution in [0.25, 0.3) is 82.4 Å². The lowest BCUT2D eigenvalue weighted by Gasteiger charge is -2.26. The van der Waals surface area contributed by atoms with Crippen LogP contribution in [0.15, 0.2) is 231 Å². The molecule has 0 unspecified atom stereocenters. The molecular formula is C56H38N2. The van der Waals surface area contributed by atoms with Crippen molar-refractivity contribution in [3.05, 3.63) is 231 Å². The maximum absolute atomic E-state index is 2.37. The van der Waals surface area contributed by atoms with Crippen molar-refractivity contribution in [1.82, 2.24) is 4.57 Å². The fourth-order valence-electron chi connectivity index (χ4n) is 8.79. The number of benzene rings is 10. The Bertz CT molecular complexity index is 3180. The van der Waals surface area contributed by atoms with Crippen LogP contribution in [-0.2, 0) is 0 Å². The number of hydrogen-bond donors (Lipinski definition) is 0. The van der Waals surface area contributed by atoms with Crippen LogP contribution in [0, 0.1) is 0 Å². The van der Waals surface area contributed by atoms with Gasteiger partial charge in [-0.1, -0.05) is 170 Å². The lowest BCUT2D eigenvalue weighted by Crippen LogP contribution is -2.10. The quantitative estimate of drug-likeness (QED) is 0.158. The van der Waals surface area contributed by atoms with Gasteiger partial charge in [0, 0.05) is 33.5 Å². The highest BCUT2D eigenvalue weighted by molar-refractivity contribution is 6.09. The largest absolute Gasteiger partial charge is 0.311 e. The van der Waals surface area contributed by atoms with Gasteiger partial charge in [-0.3, -0.25) is 0 Å². The fraction of sp³-hybridized carbons (Fsp3) is 0. The third-order valence-corrected chi connectivity index (χ3v) is 11.6. The number of nitrogens with zero attached hydrogens (tertiary/aromatic N) is 2. The Morgan fingerprint density at radius 1 is 0.259 bits per heavy atom. The molecule has 272 valence electrons. The molecule has 11 rings (SSSR count). The van der Waals surface area contributed by atoms with E-state index in [4.69, 9.17) is 0 Å². The molecule has 1 aromatic heterocycles. The van der Waals surface area contributed by atoms with E-state index in [0.717, 1.165) is 22.7 Å². The monoisotopic (exact) mass is 738 g/mol. The van der Waals surface area contributed by atoms with Gasteiger partial charge < -0.3 is 9.47 Å². The lowest BCUT2D eigenvalue weighted by atomic mass is 9.96. The van der Waals surface area contributed by atoms with Crippen LogP contribution in [0.5, 0.6) is 0 Å². The second-order valence-corrected chi connectivity index (χ2v) is 14.9. The van der Waals surface area contributed by atoms with Crippen molar-refractivity contribution in [3.8, 4) is 39.1 Å². The van der Waals surface area contributed by atoms with E-state index in [1.807, 2.05) is 0 Å². The highest BCUT2D eigenvalue weighted by Gasteiger charge is 2.16. The zero-order chi connectivity index (χ0) is 38.4. The summed E-state index contributed by atoms with van der Waals surface area (Å²) in [5.41, 5.74) is 14.1. The van der Waals surface area contributed by atoms with Crippen molar-refractivity contribution in [2.45, 2.75) is 0 Å². The molecule has 0 spiro atoms. The van der Waals surface area contributed by atoms with Crippen LogP contribution < -0.4 is 4.90 Å². The number of fused-ring (bicyclic) bond motifs is 5. The number of hydrogen-bond acceptors (Lipinski definition) is 1. The molecule has 0 aliphatic carbocycles. The van der Waals surface area contributed by atoms with Crippen LogP contribution in [0.1, 0.15) is 0 Å². The third-order valence-electron chi connectivity index (χ3n) is 11.6. The van der Waals surface area contributed by atoms with E-state index in [0.29, 0.717) is 0 Å². The Labute approximate surface area is 338 Å². The molecule has 0 atom stereocenters. The highest BCUT2D eigenvalue weighted by atomic mass is 15.1. The first-order chi connectivity index (χ1) is 28.8. The summed E-state index contributed by atoms with van der Waals surface area (Å²) in [4.78, 5) is 2.36. The zero-order valence-corrected chi connectivity index (χ0v) is 31.8. The molecule has 2 nitrogen and oxygen atoms in total. The van der Waals surface area contributed by atoms with Crippen molar-refractivity contribution in [2.24, 2.45) is 0 Å². The van der Waals surface area contributed by atoms with Gasteiger partial charge >= 0.3 is 0 Å². The van der Waals surface area contributed by atoms with Crippen LogP contribution in [-0.4, -0.2) is 4.57 Å². The van der Waals surface area contributed by atoms with Crippen molar-refractivity contribution >= 4 is 60.4 Å². The third kappa shape index (κ3) is 5.82. The summed E-state index contributed by atoms with van der Waals surface area (Å²) >= 11 is 0. The molecule has 0 saturated carbocycles. The van der Waals surface area contributed by atoms with Gasteiger partial charge in [-0.25, -0.2) is 0 Å². The predicted octanol–water partition coefficient (Wildman–Crippen LogP) is 15.6. The number of anilines is 3. The van der Waals surface area contributed by atoms with E-state index in [-0.39, 0.29) is 0 Å². The molecule has 0 radical (unpaired) electrons. The summed E-state index contributed by atoms with van der Waals surface area (Å²) in [6, 6.07) is 83.6. The van der Waals surface area contributed by atoms with Crippen molar-refractivity contribution in [3.63, 3.8) is 0 Å². The fourth-order valence-corrected chi connectivity index (χ4v) is 8.79. The van der Waals surface area contributed by atoms with Crippen LogP contribution in [0.3, 0.4) is 0 Å². The summed E-state index contributed by atoms with van der Waals surface area (Å²) in [5.74, 6) is 0. The van der Waals surface area contributed by atoms with E-state index in [1.165, 1.54) is 76.7 Å². The smallest absolute Gasteiger partial charge is 0.0541 e. The Hall–Kier alpha value is -7.68. The highest BCUT2D eigenvalue weighted by Crippen LogP contribution is 2.40. The van der Waals surface area contributed by atoms with Gasteiger partial charge in [0.2, 0.25) is 0 Å². The SMILES string of the molecule is c1ccc2c(-c3ccc(-c4ccc(N(c5ccc(-c6cccc7ccccc67)cc5)c5ccc(-n6c7ccccc7c7ccccc76)cc5)cc4)cc3)cccc2c1. The second-order valence-electron chi connectivity index (χ2n) is 14.9. The molecule has 11 aromatic rings. The summed E-state index contributed by atoms with van der Waals surface area (Å²) in [6.45, 7) is 0.